The highest BCUT2D eigenvalue weighted by molar-refractivity contribution is 5.36. The smallest absolute Gasteiger partial charge is 0.293 e. The Morgan fingerprint density at radius 2 is 1.06 bits per heavy atom. The predicted molar refractivity (Wildman–Crippen MR) is 72.3 cm³/mol. The minimum atomic E-state index is 0.506. The maximum atomic E-state index is 9.62. The Balaban J connectivity index is 0. The molecular formula is C14H28O4. The number of hydrogen-bond acceptors (Lipinski definition) is 4. The van der Waals surface area contributed by atoms with E-state index in [1.165, 1.54) is 38.5 Å². The molecule has 4 heteroatoms. The van der Waals surface area contributed by atoms with Crippen molar-refractivity contribution >= 4 is 12.9 Å². The summed E-state index contributed by atoms with van der Waals surface area (Å²) >= 11 is 0. The van der Waals surface area contributed by atoms with Crippen LogP contribution >= 0.6 is 0 Å². The second-order valence-corrected chi connectivity index (χ2v) is 4.06. The molecule has 0 spiro atoms. The first kappa shape index (κ1) is 19.3. The molecule has 4 nitrogen and oxygen atoms in total. The SMILES string of the molecule is CCCCCCOC=O.CCCCCCOC=O. The van der Waals surface area contributed by atoms with E-state index in [9.17, 15) is 9.59 Å². The fourth-order valence-electron chi connectivity index (χ4n) is 1.32. The topological polar surface area (TPSA) is 52.6 Å². The van der Waals surface area contributed by atoms with Crippen molar-refractivity contribution in [3.05, 3.63) is 0 Å². The molecule has 108 valence electrons. The van der Waals surface area contributed by atoms with E-state index >= 15 is 0 Å². The van der Waals surface area contributed by atoms with Gasteiger partial charge in [-0.15, -0.1) is 0 Å². The van der Waals surface area contributed by atoms with E-state index in [4.69, 9.17) is 0 Å². The normalized spacial score (nSPS) is 9.00. The van der Waals surface area contributed by atoms with E-state index in [2.05, 4.69) is 23.3 Å². The molecule has 0 N–H and O–H groups in total. The highest BCUT2D eigenvalue weighted by atomic mass is 16.5. The molecule has 0 saturated heterocycles. The number of unbranched alkanes of at least 4 members (excludes halogenated alkanes) is 6. The summed E-state index contributed by atoms with van der Waals surface area (Å²) in [4.78, 5) is 19.2. The maximum absolute atomic E-state index is 9.62. The van der Waals surface area contributed by atoms with Gasteiger partial charge in [-0.1, -0.05) is 52.4 Å². The van der Waals surface area contributed by atoms with Crippen LogP contribution in [0.2, 0.25) is 0 Å². The summed E-state index contributed by atoms with van der Waals surface area (Å²) in [5.74, 6) is 0. The molecule has 18 heavy (non-hydrogen) atoms. The zero-order chi connectivity index (χ0) is 13.9. The highest BCUT2D eigenvalue weighted by Gasteiger charge is 1.86. The molecule has 0 aliphatic rings. The van der Waals surface area contributed by atoms with Gasteiger partial charge in [0.2, 0.25) is 0 Å². The van der Waals surface area contributed by atoms with E-state index in [-0.39, 0.29) is 0 Å². The molecule has 0 aromatic rings. The standard InChI is InChI=1S/2C7H14O2/c2*1-2-3-4-5-6-9-7-8/h2*7H,2-6H2,1H3. The van der Waals surface area contributed by atoms with E-state index in [0.29, 0.717) is 26.2 Å². The first-order valence-corrected chi connectivity index (χ1v) is 6.93. The van der Waals surface area contributed by atoms with Gasteiger partial charge in [-0.05, 0) is 12.8 Å². The molecule has 0 unspecified atom stereocenters. The molecule has 0 aliphatic carbocycles. The average molecular weight is 260 g/mol. The summed E-state index contributed by atoms with van der Waals surface area (Å²) in [6.45, 7) is 6.49. The van der Waals surface area contributed by atoms with Gasteiger partial charge in [0.25, 0.3) is 12.9 Å². The van der Waals surface area contributed by atoms with Crippen molar-refractivity contribution in [1.29, 1.82) is 0 Å². The molecular weight excluding hydrogens is 232 g/mol. The molecule has 0 radical (unpaired) electrons. The van der Waals surface area contributed by atoms with Gasteiger partial charge >= 0.3 is 0 Å². The molecule has 0 saturated carbocycles. The van der Waals surface area contributed by atoms with Crippen molar-refractivity contribution in [1.82, 2.24) is 0 Å². The Morgan fingerprint density at radius 1 is 0.667 bits per heavy atom. The molecule has 0 fully saturated rings. The van der Waals surface area contributed by atoms with Crippen molar-refractivity contribution < 1.29 is 19.1 Å². The van der Waals surface area contributed by atoms with Crippen LogP contribution in [0, 0.1) is 0 Å². The summed E-state index contributed by atoms with van der Waals surface area (Å²) in [6.07, 6.45) is 9.28. The third-order valence-corrected chi connectivity index (χ3v) is 2.37. The van der Waals surface area contributed by atoms with E-state index in [1.807, 2.05) is 0 Å². The van der Waals surface area contributed by atoms with Crippen molar-refractivity contribution in [2.24, 2.45) is 0 Å². The number of hydrogen-bond donors (Lipinski definition) is 0. The van der Waals surface area contributed by atoms with Gasteiger partial charge in [0.05, 0.1) is 13.2 Å². The van der Waals surface area contributed by atoms with Crippen molar-refractivity contribution in [3.8, 4) is 0 Å². The lowest BCUT2D eigenvalue weighted by atomic mass is 10.2. The minimum Gasteiger partial charge on any atom is -0.468 e. The van der Waals surface area contributed by atoms with Gasteiger partial charge in [-0.2, -0.15) is 0 Å². The van der Waals surface area contributed by atoms with Crippen LogP contribution in [0.25, 0.3) is 0 Å². The van der Waals surface area contributed by atoms with Crippen LogP contribution < -0.4 is 0 Å². The lowest BCUT2D eigenvalue weighted by molar-refractivity contribution is -0.129. The van der Waals surface area contributed by atoms with Crippen LogP contribution in [0.15, 0.2) is 0 Å². The van der Waals surface area contributed by atoms with Crippen LogP contribution in [0.3, 0.4) is 0 Å². The second-order valence-electron chi connectivity index (χ2n) is 4.06. The number of ether oxygens (including phenoxy) is 2. The van der Waals surface area contributed by atoms with Crippen LogP contribution in [0.1, 0.15) is 65.2 Å². The number of carbonyl (C=O) groups is 2. The van der Waals surface area contributed by atoms with Crippen molar-refractivity contribution in [3.63, 3.8) is 0 Å². The van der Waals surface area contributed by atoms with Crippen LogP contribution in [0.4, 0.5) is 0 Å². The van der Waals surface area contributed by atoms with Crippen molar-refractivity contribution in [2.45, 2.75) is 65.2 Å². The van der Waals surface area contributed by atoms with Gasteiger partial charge in [0.15, 0.2) is 0 Å². The summed E-state index contributed by atoms with van der Waals surface area (Å²) in [5, 5.41) is 0. The van der Waals surface area contributed by atoms with E-state index in [1.54, 1.807) is 0 Å². The quantitative estimate of drug-likeness (QED) is 0.398. The zero-order valence-corrected chi connectivity index (χ0v) is 11.9. The Kier molecular flexibility index (Phi) is 22.8. The summed E-state index contributed by atoms with van der Waals surface area (Å²) < 4.78 is 9.00. The van der Waals surface area contributed by atoms with Gasteiger partial charge in [0, 0.05) is 0 Å². The molecule has 0 heterocycles. The van der Waals surface area contributed by atoms with E-state index in [0.717, 1.165) is 12.8 Å². The highest BCUT2D eigenvalue weighted by Crippen LogP contribution is 1.98. The fraction of sp³-hybridized carbons (Fsp3) is 0.857. The van der Waals surface area contributed by atoms with Gasteiger partial charge < -0.3 is 9.47 Å². The molecule has 0 rings (SSSR count). The number of rotatable bonds is 12. The Morgan fingerprint density at radius 3 is 1.33 bits per heavy atom. The van der Waals surface area contributed by atoms with Crippen LogP contribution in [-0.2, 0) is 19.1 Å². The molecule has 0 aromatic carbocycles. The molecule has 0 aromatic heterocycles. The number of carbonyl (C=O) groups excluding carboxylic acids is 2. The molecule has 0 bridgehead atoms. The maximum Gasteiger partial charge on any atom is 0.293 e. The van der Waals surface area contributed by atoms with Gasteiger partial charge in [0.1, 0.15) is 0 Å². The largest absolute Gasteiger partial charge is 0.468 e. The van der Waals surface area contributed by atoms with E-state index < -0.39 is 0 Å². The monoisotopic (exact) mass is 260 g/mol. The van der Waals surface area contributed by atoms with Crippen molar-refractivity contribution in [2.75, 3.05) is 13.2 Å². The molecule has 0 amide bonds. The summed E-state index contributed by atoms with van der Waals surface area (Å²) in [7, 11) is 0. The average Bonchev–Trinajstić information content (AvgIpc) is 2.39. The predicted octanol–water partition coefficient (Wildman–Crippen LogP) is 3.48. The fourth-order valence-corrected chi connectivity index (χ4v) is 1.32. The Hall–Kier alpha value is -1.06. The molecule has 0 atom stereocenters. The first-order chi connectivity index (χ1) is 8.83. The lowest BCUT2D eigenvalue weighted by Gasteiger charge is -1.95. The Bertz CT molecular complexity index is 142. The summed E-state index contributed by atoms with van der Waals surface area (Å²) in [5.41, 5.74) is 0. The lowest BCUT2D eigenvalue weighted by Crippen LogP contribution is -1.90. The van der Waals surface area contributed by atoms with Crippen LogP contribution in [-0.4, -0.2) is 26.2 Å². The van der Waals surface area contributed by atoms with Crippen LogP contribution in [0.5, 0.6) is 0 Å². The second kappa shape index (κ2) is 21.2. The third kappa shape index (κ3) is 24.3. The summed E-state index contributed by atoms with van der Waals surface area (Å²) in [6, 6.07) is 0. The van der Waals surface area contributed by atoms with Gasteiger partial charge in [-0.3, -0.25) is 9.59 Å². The van der Waals surface area contributed by atoms with Gasteiger partial charge in [-0.25, -0.2) is 0 Å². The minimum absolute atomic E-state index is 0.506. The third-order valence-electron chi connectivity index (χ3n) is 2.37. The Labute approximate surface area is 111 Å². The first-order valence-electron chi connectivity index (χ1n) is 6.93. The molecule has 0 aliphatic heterocycles. The zero-order valence-electron chi connectivity index (χ0n) is 11.9.